The maximum Gasteiger partial charge on any atom is 0.573 e. The third-order valence-electron chi connectivity index (χ3n) is 1.94. The molecule has 0 aromatic carbocycles. The van der Waals surface area contributed by atoms with Crippen LogP contribution in [0.3, 0.4) is 0 Å². The molecule has 0 atom stereocenters. The number of hydrogen-bond donors (Lipinski definition) is 0. The van der Waals surface area contributed by atoms with Gasteiger partial charge < -0.3 is 0 Å². The number of nitrogens with zero attached hydrogens (tertiary/aromatic N) is 8. The van der Waals surface area contributed by atoms with Crippen LogP contribution in [0.15, 0.2) is 18.8 Å². The van der Waals surface area contributed by atoms with Gasteiger partial charge in [0.15, 0.2) is 0 Å². The molecule has 0 spiro atoms. The minimum absolute atomic E-state index is 1.28. The van der Waals surface area contributed by atoms with Crippen LogP contribution in [-0.2, 0) is 0 Å². The monoisotopic (exact) mass is 560 g/mol. The Balaban J connectivity index is 6.11. The molecule has 24 heavy (non-hydrogen) atoms. The van der Waals surface area contributed by atoms with Gasteiger partial charge in [-0.1, -0.05) is 0 Å². The molecule has 0 heterocycles. The minimum atomic E-state index is -3.35. The SMILES string of the molecule is O=[N+]([O-])C(Br)(C(/N=N/C(=N/Br)C(Br)([N+](=O)[O-])[N+](=O)[O-])=N\Cl)[N+](=O)[O-]. The zero-order valence-corrected chi connectivity index (χ0v) is 15.9. The van der Waals surface area contributed by atoms with Crippen molar-refractivity contribution in [3.05, 3.63) is 40.5 Å². The van der Waals surface area contributed by atoms with E-state index in [1.54, 1.807) is 0 Å². The maximum atomic E-state index is 10.8. The lowest BCUT2D eigenvalue weighted by atomic mass is 10.5. The van der Waals surface area contributed by atoms with Crippen LogP contribution in [0, 0.1) is 40.5 Å². The molecule has 0 saturated heterocycles. The first-order valence-electron chi connectivity index (χ1n) is 4.67. The molecule has 16 nitrogen and oxygen atoms in total. The fourth-order valence-electron chi connectivity index (χ4n) is 0.823. The predicted octanol–water partition coefficient (Wildman–Crippen LogP) is 1.90. The van der Waals surface area contributed by atoms with Crippen molar-refractivity contribution in [3.63, 3.8) is 0 Å². The highest BCUT2D eigenvalue weighted by molar-refractivity contribution is 9.10. The van der Waals surface area contributed by atoms with E-state index in [1.807, 2.05) is 0 Å². The summed E-state index contributed by atoms with van der Waals surface area (Å²) in [6.07, 6.45) is 0. The van der Waals surface area contributed by atoms with Gasteiger partial charge in [0.1, 0.15) is 51.6 Å². The smallest absolute Gasteiger partial charge is 0.257 e. The lowest BCUT2D eigenvalue weighted by molar-refractivity contribution is -0.735. The van der Waals surface area contributed by atoms with Crippen LogP contribution in [0.25, 0.3) is 0 Å². The summed E-state index contributed by atoms with van der Waals surface area (Å²) in [5.41, 5.74) is 0. The highest BCUT2D eigenvalue weighted by Gasteiger charge is 2.63. The standard InChI is InChI=1S/C4Br3ClN8O8/c5-3(13(17)18,14(19)20)1(9-7)11-12-2(10-8)4(6,15(21)22)16(23)24/b9-1+,10-2+,12-11+. The Bertz CT molecular complexity index is 594. The van der Waals surface area contributed by atoms with E-state index in [0.717, 1.165) is 0 Å². The number of amidine groups is 2. The quantitative estimate of drug-likeness (QED) is 0.0677. The third kappa shape index (κ3) is 4.02. The largest absolute Gasteiger partial charge is 0.573 e. The highest BCUT2D eigenvalue weighted by Crippen LogP contribution is 2.27. The first kappa shape index (κ1) is 22.3. The Morgan fingerprint density at radius 3 is 1.33 bits per heavy atom. The Labute approximate surface area is 159 Å². The number of nitro groups is 4. The fourth-order valence-corrected chi connectivity index (χ4v) is 1.97. The van der Waals surface area contributed by atoms with Crippen LogP contribution >= 0.6 is 59.8 Å². The van der Waals surface area contributed by atoms with Crippen molar-refractivity contribution in [2.75, 3.05) is 0 Å². The molecular weight excluding hydrogens is 563 g/mol. The van der Waals surface area contributed by atoms with Gasteiger partial charge in [-0.25, -0.2) is 0 Å². The van der Waals surface area contributed by atoms with E-state index >= 15 is 0 Å². The topological polar surface area (TPSA) is 222 Å². The lowest BCUT2D eigenvalue weighted by Gasteiger charge is -2.09. The molecule has 0 aliphatic heterocycles. The normalized spacial score (nSPS) is 13.8. The average molecular weight is 563 g/mol. The first-order valence-corrected chi connectivity index (χ1v) is 7.30. The Kier molecular flexibility index (Phi) is 7.79. The Morgan fingerprint density at radius 1 is 0.792 bits per heavy atom. The summed E-state index contributed by atoms with van der Waals surface area (Å²) in [6.45, 7) is 0. The molecule has 0 aromatic rings. The highest BCUT2D eigenvalue weighted by atomic mass is 79.9. The first-order chi connectivity index (χ1) is 10.9. The lowest BCUT2D eigenvalue weighted by Crippen LogP contribution is -2.48. The van der Waals surface area contributed by atoms with E-state index in [1.165, 1.54) is 0 Å². The summed E-state index contributed by atoms with van der Waals surface area (Å²) in [4.78, 5) is 37.3. The summed E-state index contributed by atoms with van der Waals surface area (Å²) < 4.78 is -1.03. The van der Waals surface area contributed by atoms with Crippen molar-refractivity contribution in [1.82, 2.24) is 0 Å². The number of hydrogen-bond acceptors (Lipinski definition) is 10. The fraction of sp³-hybridized carbons (Fsp3) is 0.500. The van der Waals surface area contributed by atoms with Crippen LogP contribution in [0.4, 0.5) is 0 Å². The Morgan fingerprint density at radius 2 is 1.08 bits per heavy atom. The van der Waals surface area contributed by atoms with E-state index < -0.39 is 40.5 Å². The minimum Gasteiger partial charge on any atom is -0.257 e. The average Bonchev–Trinajstić information content (AvgIpc) is 2.49. The molecule has 0 rings (SSSR count). The second kappa shape index (κ2) is 8.39. The maximum absolute atomic E-state index is 10.8. The van der Waals surface area contributed by atoms with Gasteiger partial charge in [-0.2, -0.15) is 4.02 Å². The van der Waals surface area contributed by atoms with Gasteiger partial charge in [0.2, 0.25) is 0 Å². The molecule has 0 saturated carbocycles. The molecule has 132 valence electrons. The van der Waals surface area contributed by atoms with Gasteiger partial charge in [0.25, 0.3) is 0 Å². The number of halogens is 4. The summed E-state index contributed by atoms with van der Waals surface area (Å²) in [7, 11) is 0. The van der Waals surface area contributed by atoms with Crippen molar-refractivity contribution in [3.8, 4) is 0 Å². The molecule has 0 aliphatic rings. The van der Waals surface area contributed by atoms with Crippen LogP contribution < -0.4 is 0 Å². The molecule has 0 N–H and O–H groups in total. The predicted molar refractivity (Wildman–Crippen MR) is 85.8 cm³/mol. The van der Waals surface area contributed by atoms with Crippen molar-refractivity contribution in [1.29, 1.82) is 0 Å². The van der Waals surface area contributed by atoms with Crippen LogP contribution in [-0.4, -0.2) is 40.5 Å². The van der Waals surface area contributed by atoms with Crippen molar-refractivity contribution >= 4 is 71.5 Å². The number of alkyl halides is 2. The van der Waals surface area contributed by atoms with Crippen LogP contribution in [0.5, 0.6) is 0 Å². The third-order valence-corrected chi connectivity index (χ3v) is 4.30. The van der Waals surface area contributed by atoms with E-state index in [4.69, 9.17) is 11.8 Å². The zero-order chi connectivity index (χ0) is 19.3. The summed E-state index contributed by atoms with van der Waals surface area (Å²) >= 11 is 11.6. The van der Waals surface area contributed by atoms with E-state index in [9.17, 15) is 40.5 Å². The summed E-state index contributed by atoms with van der Waals surface area (Å²) in [5, 5.41) is 49.0. The number of rotatable bonds is 6. The zero-order valence-electron chi connectivity index (χ0n) is 10.4. The molecule has 0 aliphatic carbocycles. The molecule has 0 bridgehead atoms. The van der Waals surface area contributed by atoms with Gasteiger partial charge in [-0.3, -0.25) is 40.5 Å². The van der Waals surface area contributed by atoms with Gasteiger partial charge >= 0.3 is 20.8 Å². The van der Waals surface area contributed by atoms with Crippen LogP contribution in [0.2, 0.25) is 0 Å². The molecule has 0 fully saturated rings. The van der Waals surface area contributed by atoms with E-state index in [2.05, 4.69) is 66.8 Å². The molecule has 20 heteroatoms. The summed E-state index contributed by atoms with van der Waals surface area (Å²) in [5.74, 6) is -2.67. The van der Waals surface area contributed by atoms with E-state index in [0.29, 0.717) is 0 Å². The van der Waals surface area contributed by atoms with Crippen molar-refractivity contribution < 1.29 is 19.7 Å². The second-order valence-corrected chi connectivity index (χ2v) is 5.95. The van der Waals surface area contributed by atoms with Gasteiger partial charge in [0.05, 0.1) is 16.1 Å². The van der Waals surface area contributed by atoms with E-state index in [-0.39, 0.29) is 0 Å². The molecular formula is C4Br3ClN8O8. The van der Waals surface area contributed by atoms with Gasteiger partial charge in [-0.15, -0.1) is 14.7 Å². The molecule has 0 aromatic heterocycles. The second-order valence-electron chi connectivity index (χ2n) is 3.22. The van der Waals surface area contributed by atoms with Crippen LogP contribution in [0.1, 0.15) is 0 Å². The van der Waals surface area contributed by atoms with Gasteiger partial charge in [0, 0.05) is 11.8 Å². The molecule has 0 amide bonds. The summed E-state index contributed by atoms with van der Waals surface area (Å²) in [6, 6.07) is 0. The van der Waals surface area contributed by atoms with Crippen molar-refractivity contribution in [2.24, 2.45) is 18.8 Å². The number of azo groups is 1. The molecule has 0 radical (unpaired) electrons. The Hall–Kier alpha value is -1.73. The molecule has 0 unspecified atom stereocenters. The van der Waals surface area contributed by atoms with Gasteiger partial charge in [-0.05, 0) is 0 Å². The van der Waals surface area contributed by atoms with Crippen molar-refractivity contribution in [2.45, 2.75) is 9.14 Å².